The Balaban J connectivity index is 4.32. The van der Waals surface area contributed by atoms with E-state index in [0.717, 1.165) is 31.6 Å². The third kappa shape index (κ3) is 13.3. The summed E-state index contributed by atoms with van der Waals surface area (Å²) in [5.74, 6) is -4.90. The summed E-state index contributed by atoms with van der Waals surface area (Å²) in [6.07, 6.45) is 13.4. The van der Waals surface area contributed by atoms with Gasteiger partial charge in [0.25, 0.3) is 0 Å². The van der Waals surface area contributed by atoms with E-state index in [1.807, 2.05) is 0 Å². The molecule has 0 bridgehead atoms. The van der Waals surface area contributed by atoms with E-state index in [0.29, 0.717) is 6.42 Å². The highest BCUT2D eigenvalue weighted by molar-refractivity contribution is 5.93. The van der Waals surface area contributed by atoms with Crippen LogP contribution in [0.5, 0.6) is 0 Å². The maximum atomic E-state index is 12.0. The number of carboxylic acid groups (broad SMARTS) is 1. The van der Waals surface area contributed by atoms with Gasteiger partial charge in [0.1, 0.15) is 0 Å². The van der Waals surface area contributed by atoms with Crippen LogP contribution in [0.15, 0.2) is 24.3 Å². The van der Waals surface area contributed by atoms with Gasteiger partial charge >= 0.3 is 23.7 Å². The van der Waals surface area contributed by atoms with Gasteiger partial charge in [-0.05, 0) is 26.2 Å². The minimum Gasteiger partial charge on any atom is -0.475 e. The van der Waals surface area contributed by atoms with Gasteiger partial charge in [0.05, 0.1) is 0 Å². The van der Waals surface area contributed by atoms with Crippen molar-refractivity contribution in [3.63, 3.8) is 0 Å². The maximum Gasteiger partial charge on any atom is 0.390 e. The summed E-state index contributed by atoms with van der Waals surface area (Å²) >= 11 is 0. The molecule has 0 rings (SSSR count). The fourth-order valence-electron chi connectivity index (χ4n) is 3.29. The van der Waals surface area contributed by atoms with Crippen LogP contribution in [0.25, 0.3) is 0 Å². The average molecular weight is 453 g/mol. The lowest BCUT2D eigenvalue weighted by molar-refractivity contribution is -0.235. The van der Waals surface area contributed by atoms with Crippen molar-refractivity contribution in [2.24, 2.45) is 5.92 Å². The van der Waals surface area contributed by atoms with E-state index in [9.17, 15) is 19.5 Å². The molecule has 0 aromatic heterocycles. The van der Waals surface area contributed by atoms with Crippen LogP contribution in [-0.2, 0) is 23.9 Å². The van der Waals surface area contributed by atoms with E-state index < -0.39 is 23.7 Å². The van der Waals surface area contributed by atoms with Crippen molar-refractivity contribution in [2.45, 2.75) is 117 Å². The van der Waals surface area contributed by atoms with Crippen LogP contribution in [0, 0.1) is 5.92 Å². The molecule has 0 atom stereocenters. The first-order valence-corrected chi connectivity index (χ1v) is 12.0. The van der Waals surface area contributed by atoms with Crippen molar-refractivity contribution in [3.05, 3.63) is 24.3 Å². The smallest absolute Gasteiger partial charge is 0.390 e. The van der Waals surface area contributed by atoms with Crippen LogP contribution < -0.4 is 0 Å². The van der Waals surface area contributed by atoms with Crippen molar-refractivity contribution in [1.82, 2.24) is 0 Å². The first-order chi connectivity index (χ1) is 15.0. The summed E-state index contributed by atoms with van der Waals surface area (Å²) in [6.45, 7) is 14.3. The lowest BCUT2D eigenvalue weighted by Gasteiger charge is -2.28. The minimum atomic E-state index is -2.36. The van der Waals surface area contributed by atoms with Gasteiger partial charge in [0.2, 0.25) is 0 Å². The normalized spacial score (nSPS) is 11.3. The lowest BCUT2D eigenvalue weighted by Crippen LogP contribution is -2.47. The summed E-state index contributed by atoms with van der Waals surface area (Å²) in [4.78, 5) is 35.8. The fraction of sp³-hybridized carbons (Fsp3) is 0.731. The zero-order valence-corrected chi connectivity index (χ0v) is 20.7. The maximum absolute atomic E-state index is 12.0. The summed E-state index contributed by atoms with van der Waals surface area (Å²) in [5.41, 5.74) is 0.0591. The molecule has 32 heavy (non-hydrogen) atoms. The first-order valence-electron chi connectivity index (χ1n) is 12.0. The Kier molecular flexibility index (Phi) is 15.4. The largest absolute Gasteiger partial charge is 0.475 e. The summed E-state index contributed by atoms with van der Waals surface area (Å²) in [6, 6.07) is 0. The Labute approximate surface area is 194 Å². The summed E-state index contributed by atoms with van der Waals surface area (Å²) in [5, 5.41) is 9.68. The molecule has 6 nitrogen and oxygen atoms in total. The Bertz CT molecular complexity index is 592. The standard InChI is InChI=1S/C26H44O6/c1-20(2)18-16-14-12-10-8-7-9-11-13-15-17-19-26(25(29)30,31-23(27)21(3)4)32-24(28)22(5)6/h20H,3,5,7-19H2,1-2,4,6H3,(H,29,30). The second-order valence-electron chi connectivity index (χ2n) is 9.22. The average Bonchev–Trinajstić information content (AvgIpc) is 2.70. The van der Waals surface area contributed by atoms with E-state index in [1.54, 1.807) is 0 Å². The third-order valence-electron chi connectivity index (χ3n) is 5.33. The molecule has 0 fully saturated rings. The molecule has 0 aliphatic heterocycles. The molecular formula is C26H44O6. The Hall–Kier alpha value is -2.11. The van der Waals surface area contributed by atoms with Crippen molar-refractivity contribution in [1.29, 1.82) is 0 Å². The number of aliphatic carboxylic acids is 1. The monoisotopic (exact) mass is 452 g/mol. The highest BCUT2D eigenvalue weighted by Gasteiger charge is 2.47. The molecule has 0 saturated heterocycles. The van der Waals surface area contributed by atoms with E-state index in [4.69, 9.17) is 9.47 Å². The number of rotatable bonds is 19. The highest BCUT2D eigenvalue weighted by atomic mass is 16.7. The van der Waals surface area contributed by atoms with E-state index in [2.05, 4.69) is 27.0 Å². The van der Waals surface area contributed by atoms with Crippen molar-refractivity contribution < 1.29 is 29.0 Å². The number of carbonyl (C=O) groups excluding carboxylic acids is 2. The predicted molar refractivity (Wildman–Crippen MR) is 127 cm³/mol. The van der Waals surface area contributed by atoms with E-state index >= 15 is 0 Å². The molecule has 0 heterocycles. The molecule has 0 saturated carbocycles. The molecule has 0 amide bonds. The number of ether oxygens (including phenoxy) is 2. The van der Waals surface area contributed by atoms with Gasteiger partial charge in [-0.2, -0.15) is 0 Å². The molecule has 6 heteroatoms. The van der Waals surface area contributed by atoms with Crippen LogP contribution in [0.2, 0.25) is 0 Å². The molecule has 0 aliphatic rings. The molecule has 0 radical (unpaired) electrons. The van der Waals surface area contributed by atoms with Crippen LogP contribution in [-0.4, -0.2) is 28.8 Å². The molecule has 0 aliphatic carbocycles. The van der Waals surface area contributed by atoms with Gasteiger partial charge in [-0.25, -0.2) is 14.4 Å². The number of carbonyl (C=O) groups is 3. The molecule has 1 N–H and O–H groups in total. The summed E-state index contributed by atoms with van der Waals surface area (Å²) in [7, 11) is 0. The molecule has 0 spiro atoms. The second kappa shape index (κ2) is 16.5. The lowest BCUT2D eigenvalue weighted by atomic mass is 10.0. The minimum absolute atomic E-state index is 0.0296. The SMILES string of the molecule is C=C(C)C(=O)OC(CCCCCCCCCCCCCC(C)C)(OC(=O)C(=C)C)C(=O)O. The first kappa shape index (κ1) is 29.9. The molecule has 0 aromatic rings. The van der Waals surface area contributed by atoms with Crippen molar-refractivity contribution in [2.75, 3.05) is 0 Å². The van der Waals surface area contributed by atoms with Crippen LogP contribution in [0.1, 0.15) is 111 Å². The number of hydrogen-bond acceptors (Lipinski definition) is 5. The molecular weight excluding hydrogens is 408 g/mol. The van der Waals surface area contributed by atoms with Gasteiger partial charge in [-0.3, -0.25) is 0 Å². The van der Waals surface area contributed by atoms with Crippen molar-refractivity contribution >= 4 is 17.9 Å². The number of unbranched alkanes of at least 4 members (excludes halogenated alkanes) is 10. The van der Waals surface area contributed by atoms with Crippen molar-refractivity contribution in [3.8, 4) is 0 Å². The molecule has 184 valence electrons. The van der Waals surface area contributed by atoms with Crippen LogP contribution >= 0.6 is 0 Å². The Morgan fingerprint density at radius 1 is 0.719 bits per heavy atom. The zero-order valence-electron chi connectivity index (χ0n) is 20.7. The van der Waals surface area contributed by atoms with Gasteiger partial charge in [0.15, 0.2) is 0 Å². The topological polar surface area (TPSA) is 89.9 Å². The third-order valence-corrected chi connectivity index (χ3v) is 5.33. The molecule has 0 unspecified atom stereocenters. The predicted octanol–water partition coefficient (Wildman–Crippen LogP) is 6.73. The highest BCUT2D eigenvalue weighted by Crippen LogP contribution is 2.26. The summed E-state index contributed by atoms with van der Waals surface area (Å²) < 4.78 is 10.1. The second-order valence-corrected chi connectivity index (χ2v) is 9.22. The number of hydrogen-bond donors (Lipinski definition) is 1. The van der Waals surface area contributed by atoms with E-state index in [-0.39, 0.29) is 17.6 Å². The van der Waals surface area contributed by atoms with E-state index in [1.165, 1.54) is 58.8 Å². The van der Waals surface area contributed by atoms with Crippen LogP contribution in [0.3, 0.4) is 0 Å². The fourth-order valence-corrected chi connectivity index (χ4v) is 3.29. The Morgan fingerprint density at radius 3 is 1.38 bits per heavy atom. The van der Waals surface area contributed by atoms with Gasteiger partial charge < -0.3 is 14.6 Å². The Morgan fingerprint density at radius 2 is 1.06 bits per heavy atom. The van der Waals surface area contributed by atoms with Gasteiger partial charge in [-0.1, -0.05) is 97.6 Å². The quantitative estimate of drug-likeness (QED) is 0.101. The number of esters is 2. The number of carboxylic acids is 1. The van der Waals surface area contributed by atoms with Gasteiger partial charge in [0, 0.05) is 17.6 Å². The van der Waals surface area contributed by atoms with Gasteiger partial charge in [-0.15, -0.1) is 0 Å². The molecule has 0 aromatic carbocycles. The van der Waals surface area contributed by atoms with Crippen LogP contribution in [0.4, 0.5) is 0 Å². The zero-order chi connectivity index (χ0) is 24.6.